The van der Waals surface area contributed by atoms with E-state index in [1.54, 1.807) is 11.3 Å². The molecule has 3 aromatic rings. The number of nitrogen functional groups attached to an aromatic ring is 1. The molecule has 33 heavy (non-hydrogen) atoms. The highest BCUT2D eigenvalue weighted by atomic mass is 32.2. The van der Waals surface area contributed by atoms with Crippen LogP contribution in [0.3, 0.4) is 0 Å². The number of thioether (sulfide) groups is 1. The van der Waals surface area contributed by atoms with Gasteiger partial charge in [0.2, 0.25) is 5.91 Å². The quantitative estimate of drug-likeness (QED) is 0.394. The van der Waals surface area contributed by atoms with Crippen LogP contribution in [-0.2, 0) is 17.9 Å². The smallest absolute Gasteiger partial charge is 0.330 e. The molecule has 3 heterocycles. The van der Waals surface area contributed by atoms with Crippen molar-refractivity contribution in [1.29, 1.82) is 0 Å². The number of rotatable bonds is 11. The van der Waals surface area contributed by atoms with E-state index in [0.29, 0.717) is 37.6 Å². The van der Waals surface area contributed by atoms with Crippen molar-refractivity contribution in [3.63, 3.8) is 0 Å². The highest BCUT2D eigenvalue weighted by molar-refractivity contribution is 7.99. The second kappa shape index (κ2) is 11.3. The molecule has 3 N–H and O–H groups in total. The van der Waals surface area contributed by atoms with Crippen LogP contribution < -0.4 is 21.9 Å². The molecule has 0 saturated carbocycles. The van der Waals surface area contributed by atoms with Crippen LogP contribution in [0.5, 0.6) is 0 Å². The van der Waals surface area contributed by atoms with E-state index in [1.165, 1.54) is 21.2 Å². The average Bonchev–Trinajstić information content (AvgIpc) is 3.46. The third-order valence-corrected chi connectivity index (χ3v) is 6.88. The normalized spacial score (nSPS) is 11.1. The average molecular weight is 492 g/mol. The topological polar surface area (TPSA) is 132 Å². The molecule has 1 amide bonds. The van der Waals surface area contributed by atoms with Gasteiger partial charge in [0.25, 0.3) is 5.56 Å². The van der Waals surface area contributed by atoms with Crippen LogP contribution in [-0.4, -0.2) is 42.5 Å². The maximum atomic E-state index is 13.3. The molecule has 0 aliphatic heterocycles. The zero-order valence-corrected chi connectivity index (χ0v) is 20.7. The van der Waals surface area contributed by atoms with Crippen LogP contribution in [0.15, 0.2) is 32.3 Å². The standard InChI is InChI=1S/C21H29N7O3S2/c1-4-7-11-27(16-17(22)28(10-5-2)20(31)23-19(16)30)15(29)13-33-21-25-24-18(26(21)6-3)14-9-8-12-32-14/h8-9,12H,4-7,10-11,13,22H2,1-3H3,(H,23,30,31). The van der Waals surface area contributed by atoms with E-state index in [1.807, 2.05) is 42.9 Å². The van der Waals surface area contributed by atoms with E-state index in [4.69, 9.17) is 5.73 Å². The minimum absolute atomic E-state index is 0.0109. The summed E-state index contributed by atoms with van der Waals surface area (Å²) in [6, 6.07) is 3.93. The van der Waals surface area contributed by atoms with Crippen LogP contribution in [0.2, 0.25) is 0 Å². The summed E-state index contributed by atoms with van der Waals surface area (Å²) in [7, 11) is 0. The fourth-order valence-corrected chi connectivity index (χ4v) is 5.03. The highest BCUT2D eigenvalue weighted by Crippen LogP contribution is 2.28. The summed E-state index contributed by atoms with van der Waals surface area (Å²) in [5.74, 6) is 0.544. The molecule has 3 aromatic heterocycles. The first kappa shape index (κ1) is 24.8. The molecule has 0 fully saturated rings. The number of unbranched alkanes of at least 4 members (excludes halogenated alkanes) is 1. The van der Waals surface area contributed by atoms with Crippen molar-refractivity contribution in [3.05, 3.63) is 38.4 Å². The van der Waals surface area contributed by atoms with Gasteiger partial charge in [-0.1, -0.05) is 38.1 Å². The first-order valence-corrected chi connectivity index (χ1v) is 12.8. The van der Waals surface area contributed by atoms with Gasteiger partial charge in [0.1, 0.15) is 5.82 Å². The summed E-state index contributed by atoms with van der Waals surface area (Å²) in [6.07, 6.45) is 2.18. The minimum Gasteiger partial charge on any atom is -0.383 e. The van der Waals surface area contributed by atoms with Crippen molar-refractivity contribution in [2.24, 2.45) is 0 Å². The van der Waals surface area contributed by atoms with Gasteiger partial charge in [0.15, 0.2) is 16.7 Å². The van der Waals surface area contributed by atoms with E-state index in [0.717, 1.165) is 17.1 Å². The van der Waals surface area contributed by atoms with Crippen molar-refractivity contribution >= 4 is 40.5 Å². The van der Waals surface area contributed by atoms with E-state index in [-0.39, 0.29) is 23.2 Å². The maximum Gasteiger partial charge on any atom is 0.330 e. The first-order chi connectivity index (χ1) is 15.9. The molecule has 0 aromatic carbocycles. The molecule has 0 spiro atoms. The molecule has 12 heteroatoms. The molecule has 0 aliphatic carbocycles. The van der Waals surface area contributed by atoms with Crippen LogP contribution in [0.1, 0.15) is 40.0 Å². The van der Waals surface area contributed by atoms with Gasteiger partial charge in [0.05, 0.1) is 10.6 Å². The molecule has 0 radical (unpaired) electrons. The highest BCUT2D eigenvalue weighted by Gasteiger charge is 2.25. The molecule has 178 valence electrons. The molecule has 0 bridgehead atoms. The fraction of sp³-hybridized carbons (Fsp3) is 0.476. The first-order valence-electron chi connectivity index (χ1n) is 11.0. The third kappa shape index (κ3) is 5.38. The van der Waals surface area contributed by atoms with Crippen molar-refractivity contribution in [1.82, 2.24) is 24.3 Å². The fourth-order valence-electron chi connectivity index (χ4n) is 3.43. The monoisotopic (exact) mass is 491 g/mol. The Morgan fingerprint density at radius 2 is 2.00 bits per heavy atom. The summed E-state index contributed by atoms with van der Waals surface area (Å²) in [5.41, 5.74) is 5.01. The Labute approximate surface area is 199 Å². The molecule has 0 atom stereocenters. The summed E-state index contributed by atoms with van der Waals surface area (Å²) < 4.78 is 3.26. The number of carbonyl (C=O) groups is 1. The number of aromatic nitrogens is 5. The van der Waals surface area contributed by atoms with Gasteiger partial charge in [-0.15, -0.1) is 21.5 Å². The maximum absolute atomic E-state index is 13.3. The Morgan fingerprint density at radius 3 is 2.64 bits per heavy atom. The van der Waals surface area contributed by atoms with Crippen molar-refractivity contribution in [2.75, 3.05) is 22.9 Å². The largest absolute Gasteiger partial charge is 0.383 e. The SMILES string of the molecule is CCCCN(C(=O)CSc1nnc(-c2cccs2)n1CC)c1c(N)n(CCC)c(=O)[nH]c1=O. The van der Waals surface area contributed by atoms with E-state index < -0.39 is 11.2 Å². The number of aromatic amines is 1. The summed E-state index contributed by atoms with van der Waals surface area (Å²) >= 11 is 2.84. The number of thiophene rings is 1. The number of anilines is 2. The predicted octanol–water partition coefficient (Wildman–Crippen LogP) is 2.79. The molecule has 0 aliphatic rings. The number of hydrogen-bond acceptors (Lipinski definition) is 8. The number of nitrogens with two attached hydrogens (primary N) is 1. The van der Waals surface area contributed by atoms with Crippen LogP contribution in [0.25, 0.3) is 10.7 Å². The van der Waals surface area contributed by atoms with Crippen LogP contribution >= 0.6 is 23.1 Å². The zero-order valence-electron chi connectivity index (χ0n) is 19.0. The molecular formula is C21H29N7O3S2. The number of hydrogen-bond donors (Lipinski definition) is 2. The number of H-pyrrole nitrogens is 1. The summed E-state index contributed by atoms with van der Waals surface area (Å²) in [6.45, 7) is 7.24. The Bertz CT molecular complexity index is 1200. The van der Waals surface area contributed by atoms with E-state index >= 15 is 0 Å². The van der Waals surface area contributed by atoms with E-state index in [9.17, 15) is 14.4 Å². The molecule has 3 rings (SSSR count). The van der Waals surface area contributed by atoms with Gasteiger partial charge in [0, 0.05) is 19.6 Å². The lowest BCUT2D eigenvalue weighted by atomic mass is 10.2. The van der Waals surface area contributed by atoms with Gasteiger partial charge in [-0.05, 0) is 31.2 Å². The van der Waals surface area contributed by atoms with Gasteiger partial charge < -0.3 is 15.2 Å². The van der Waals surface area contributed by atoms with Gasteiger partial charge in [-0.2, -0.15) is 0 Å². The molecular weight excluding hydrogens is 462 g/mol. The second-order valence-corrected chi connectivity index (χ2v) is 9.25. The number of nitrogens with one attached hydrogen (secondary N) is 1. The van der Waals surface area contributed by atoms with Gasteiger partial charge in [-0.3, -0.25) is 19.1 Å². The van der Waals surface area contributed by atoms with Gasteiger partial charge >= 0.3 is 5.69 Å². The minimum atomic E-state index is -0.656. The number of nitrogens with zero attached hydrogens (tertiary/aromatic N) is 5. The number of carbonyl (C=O) groups excluding carboxylic acids is 1. The predicted molar refractivity (Wildman–Crippen MR) is 133 cm³/mol. The molecule has 10 nitrogen and oxygen atoms in total. The lowest BCUT2D eigenvalue weighted by molar-refractivity contribution is -0.116. The van der Waals surface area contributed by atoms with Gasteiger partial charge in [-0.25, -0.2) is 4.79 Å². The zero-order chi connectivity index (χ0) is 24.0. The van der Waals surface area contributed by atoms with Crippen molar-refractivity contribution in [2.45, 2.75) is 58.3 Å². The van der Waals surface area contributed by atoms with Crippen molar-refractivity contribution < 1.29 is 4.79 Å². The lowest BCUT2D eigenvalue weighted by Gasteiger charge is -2.24. The second-order valence-electron chi connectivity index (χ2n) is 7.36. The lowest BCUT2D eigenvalue weighted by Crippen LogP contribution is -2.42. The summed E-state index contributed by atoms with van der Waals surface area (Å²) in [5, 5.41) is 11.2. The molecule has 0 saturated heterocycles. The Morgan fingerprint density at radius 1 is 1.21 bits per heavy atom. The Kier molecular flexibility index (Phi) is 8.50. The van der Waals surface area contributed by atoms with Crippen LogP contribution in [0, 0.1) is 0 Å². The number of amides is 1. The Hall–Kier alpha value is -2.86. The van der Waals surface area contributed by atoms with Crippen molar-refractivity contribution in [3.8, 4) is 10.7 Å². The van der Waals surface area contributed by atoms with E-state index in [2.05, 4.69) is 15.2 Å². The third-order valence-electron chi connectivity index (χ3n) is 5.07. The molecule has 0 unspecified atom stereocenters. The summed E-state index contributed by atoms with van der Waals surface area (Å²) in [4.78, 5) is 42.8. The van der Waals surface area contributed by atoms with Crippen LogP contribution in [0.4, 0.5) is 11.5 Å². The Balaban J connectivity index is 1.88.